The minimum atomic E-state index is -4.14. The summed E-state index contributed by atoms with van der Waals surface area (Å²) in [5.74, 6) is -1.19. The summed E-state index contributed by atoms with van der Waals surface area (Å²) in [5, 5.41) is 32.2. The molecule has 0 unspecified atom stereocenters. The second kappa shape index (κ2) is 8.80. The summed E-state index contributed by atoms with van der Waals surface area (Å²) in [7, 11) is 0. The first-order valence-electron chi connectivity index (χ1n) is 7.85. The third kappa shape index (κ3) is 5.05. The summed E-state index contributed by atoms with van der Waals surface area (Å²) in [6.07, 6.45) is -5.94. The monoisotopic (exact) mass is 377 g/mol. The van der Waals surface area contributed by atoms with Gasteiger partial charge in [0.2, 0.25) is 0 Å². The van der Waals surface area contributed by atoms with Crippen LogP contribution in [0, 0.1) is 11.8 Å². The van der Waals surface area contributed by atoms with Crippen molar-refractivity contribution in [2.24, 2.45) is 11.8 Å². The lowest BCUT2D eigenvalue weighted by Gasteiger charge is -2.36. The molecule has 0 amide bonds. The van der Waals surface area contributed by atoms with E-state index in [9.17, 15) is 32.9 Å². The summed E-state index contributed by atoms with van der Waals surface area (Å²) >= 11 is 0. The molecule has 2 rings (SSSR count). The smallest absolute Gasteiger partial charge is 0.388 e. The average molecular weight is 378 g/mol. The fourth-order valence-electron chi connectivity index (χ4n) is 3.35. The zero-order valence-electron chi connectivity index (χ0n) is 13.0. The van der Waals surface area contributed by atoms with E-state index in [2.05, 4.69) is 5.32 Å². The Bertz CT molecular complexity index is 427. The van der Waals surface area contributed by atoms with Gasteiger partial charge in [-0.25, -0.2) is 4.39 Å². The summed E-state index contributed by atoms with van der Waals surface area (Å²) in [6.45, 7) is -0.551. The van der Waals surface area contributed by atoms with Gasteiger partial charge < -0.3 is 20.6 Å². The molecule has 2 aliphatic rings. The van der Waals surface area contributed by atoms with Gasteiger partial charge in [0.15, 0.2) is 0 Å². The van der Waals surface area contributed by atoms with Crippen LogP contribution in [0.4, 0.5) is 17.6 Å². The third-order valence-electron chi connectivity index (χ3n) is 4.92. The molecule has 142 valence electrons. The fraction of sp³-hybridized carbons (Fsp3) is 0.867. The van der Waals surface area contributed by atoms with E-state index in [0.717, 1.165) is 0 Å². The number of aliphatic hydroxyl groups is 3. The van der Waals surface area contributed by atoms with Crippen molar-refractivity contribution in [2.45, 2.75) is 56.2 Å². The van der Waals surface area contributed by atoms with E-state index >= 15 is 0 Å². The minimum Gasteiger partial charge on any atom is -0.388 e. The molecule has 0 spiro atoms. The zero-order valence-corrected chi connectivity index (χ0v) is 13.9. The number of hydrogen-bond donors (Lipinski definition) is 4. The molecule has 0 radical (unpaired) electrons. The molecule has 4 N–H and O–H groups in total. The largest absolute Gasteiger partial charge is 0.391 e. The number of alkyl halides is 4. The molecule has 0 saturated heterocycles. The molecule has 2 aliphatic carbocycles. The van der Waals surface area contributed by atoms with Crippen molar-refractivity contribution in [3.05, 3.63) is 11.6 Å². The van der Waals surface area contributed by atoms with Gasteiger partial charge in [-0.05, 0) is 43.7 Å². The Morgan fingerprint density at radius 2 is 1.62 bits per heavy atom. The summed E-state index contributed by atoms with van der Waals surface area (Å²) in [5.41, 5.74) is 0.001000. The van der Waals surface area contributed by atoms with Gasteiger partial charge >= 0.3 is 6.18 Å². The van der Waals surface area contributed by atoms with Gasteiger partial charge in [0.1, 0.15) is 25.0 Å². The van der Waals surface area contributed by atoms with Crippen LogP contribution in [0.1, 0.15) is 25.7 Å². The molecule has 4 nitrogen and oxygen atoms in total. The third-order valence-corrected chi connectivity index (χ3v) is 4.92. The second-order valence-corrected chi connectivity index (χ2v) is 6.49. The Morgan fingerprint density at radius 3 is 2.12 bits per heavy atom. The predicted octanol–water partition coefficient (Wildman–Crippen LogP) is 1.73. The number of hydrogen-bond acceptors (Lipinski definition) is 4. The molecular formula is C15H24ClF4NO3. The molecule has 0 aromatic heterocycles. The Kier molecular flexibility index (Phi) is 7.93. The van der Waals surface area contributed by atoms with Gasteiger partial charge in [0.05, 0.1) is 12.0 Å². The van der Waals surface area contributed by atoms with Crippen molar-refractivity contribution in [1.29, 1.82) is 0 Å². The SMILES string of the molecule is Cl.O[C@@H]1[C@@H](O)[C@@H](O)C(CF)=C[C@H]1NCC1CCC(C(F)(F)F)CC1. The molecule has 9 heteroatoms. The molecule has 1 fully saturated rings. The van der Waals surface area contributed by atoms with Crippen LogP contribution in [0.25, 0.3) is 0 Å². The highest BCUT2D eigenvalue weighted by Gasteiger charge is 2.42. The lowest BCUT2D eigenvalue weighted by molar-refractivity contribution is -0.183. The average Bonchev–Trinajstić information content (AvgIpc) is 2.51. The highest BCUT2D eigenvalue weighted by Crippen LogP contribution is 2.39. The molecule has 0 aromatic rings. The summed E-state index contributed by atoms with van der Waals surface area (Å²) in [4.78, 5) is 0. The lowest BCUT2D eigenvalue weighted by Crippen LogP contribution is -2.54. The Hall–Kier alpha value is -0.410. The first-order valence-corrected chi connectivity index (χ1v) is 7.85. The van der Waals surface area contributed by atoms with Crippen molar-refractivity contribution in [1.82, 2.24) is 5.32 Å². The molecule has 0 aliphatic heterocycles. The standard InChI is InChI=1S/C15H23F4NO3.ClH/c16-6-9-5-11(13(22)14(23)12(9)21)20-7-8-1-3-10(4-2-8)15(17,18)19;/h5,8,10-14,20-23H,1-4,6-7H2;1H/t8?,10?,11-,12+,13+,14+;/m1./s1. The van der Waals surface area contributed by atoms with E-state index < -0.39 is 43.1 Å². The molecule has 1 saturated carbocycles. The highest BCUT2D eigenvalue weighted by atomic mass is 35.5. The molecule has 0 bridgehead atoms. The van der Waals surface area contributed by atoms with Crippen LogP contribution in [0.3, 0.4) is 0 Å². The number of halogens is 5. The maximum Gasteiger partial charge on any atom is 0.391 e. The lowest BCUT2D eigenvalue weighted by atomic mass is 9.81. The molecule has 0 aromatic carbocycles. The van der Waals surface area contributed by atoms with Crippen molar-refractivity contribution in [3.63, 3.8) is 0 Å². The van der Waals surface area contributed by atoms with Crippen LogP contribution in [0.5, 0.6) is 0 Å². The predicted molar refractivity (Wildman–Crippen MR) is 82.6 cm³/mol. The topological polar surface area (TPSA) is 72.7 Å². The van der Waals surface area contributed by atoms with Gasteiger partial charge in [-0.1, -0.05) is 6.08 Å². The minimum absolute atomic E-state index is 0. The second-order valence-electron chi connectivity index (χ2n) is 6.49. The normalized spacial score (nSPS) is 37.5. The first kappa shape index (κ1) is 21.6. The van der Waals surface area contributed by atoms with Gasteiger partial charge in [0, 0.05) is 0 Å². The van der Waals surface area contributed by atoms with Gasteiger partial charge in [-0.3, -0.25) is 0 Å². The molecule has 24 heavy (non-hydrogen) atoms. The van der Waals surface area contributed by atoms with E-state index in [1.807, 2.05) is 0 Å². The number of nitrogens with one attached hydrogen (secondary N) is 1. The maximum absolute atomic E-state index is 12.8. The van der Waals surface area contributed by atoms with Crippen molar-refractivity contribution >= 4 is 12.4 Å². The number of aliphatic hydroxyl groups excluding tert-OH is 3. The van der Waals surface area contributed by atoms with Crippen LogP contribution in [0.2, 0.25) is 0 Å². The number of rotatable bonds is 4. The first-order chi connectivity index (χ1) is 10.7. The molecular weight excluding hydrogens is 354 g/mol. The van der Waals surface area contributed by atoms with Crippen molar-refractivity contribution in [3.8, 4) is 0 Å². The Balaban J connectivity index is 0.00000288. The molecule has 4 atom stereocenters. The van der Waals surface area contributed by atoms with Crippen molar-refractivity contribution < 1.29 is 32.9 Å². The van der Waals surface area contributed by atoms with Crippen LogP contribution < -0.4 is 5.32 Å². The quantitative estimate of drug-likeness (QED) is 0.445. The van der Waals surface area contributed by atoms with Gasteiger partial charge in [-0.15, -0.1) is 12.4 Å². The van der Waals surface area contributed by atoms with E-state index in [4.69, 9.17) is 0 Å². The Labute approximate surface area is 144 Å². The van der Waals surface area contributed by atoms with Crippen LogP contribution in [0.15, 0.2) is 11.6 Å². The summed E-state index contributed by atoms with van der Waals surface area (Å²) < 4.78 is 50.6. The van der Waals surface area contributed by atoms with E-state index in [1.165, 1.54) is 6.08 Å². The zero-order chi connectivity index (χ0) is 17.2. The Morgan fingerprint density at radius 1 is 1.04 bits per heavy atom. The van der Waals surface area contributed by atoms with Gasteiger partial charge in [0.25, 0.3) is 0 Å². The van der Waals surface area contributed by atoms with Crippen LogP contribution in [-0.2, 0) is 0 Å². The summed E-state index contributed by atoms with van der Waals surface area (Å²) in [6, 6.07) is -0.723. The highest BCUT2D eigenvalue weighted by molar-refractivity contribution is 5.85. The van der Waals surface area contributed by atoms with E-state index in [-0.39, 0.29) is 36.7 Å². The fourth-order valence-corrected chi connectivity index (χ4v) is 3.35. The van der Waals surface area contributed by atoms with Crippen LogP contribution >= 0.6 is 12.4 Å². The van der Waals surface area contributed by atoms with Crippen molar-refractivity contribution in [2.75, 3.05) is 13.2 Å². The van der Waals surface area contributed by atoms with E-state index in [0.29, 0.717) is 19.4 Å². The van der Waals surface area contributed by atoms with Crippen LogP contribution in [-0.4, -0.2) is 59.1 Å². The maximum atomic E-state index is 12.8. The van der Waals surface area contributed by atoms with E-state index in [1.54, 1.807) is 0 Å². The van der Waals surface area contributed by atoms with Gasteiger partial charge in [-0.2, -0.15) is 13.2 Å². The molecule has 0 heterocycles.